The lowest BCUT2D eigenvalue weighted by Crippen LogP contribution is -2.41. The number of carboxylic acids is 1. The Hall–Kier alpha value is -1.50. The van der Waals surface area contributed by atoms with Gasteiger partial charge in [0.1, 0.15) is 0 Å². The van der Waals surface area contributed by atoms with Gasteiger partial charge in [-0.3, -0.25) is 9.59 Å². The van der Waals surface area contributed by atoms with Gasteiger partial charge in [-0.1, -0.05) is 5.92 Å². The summed E-state index contributed by atoms with van der Waals surface area (Å²) in [6.07, 6.45) is 3.29. The summed E-state index contributed by atoms with van der Waals surface area (Å²) in [5, 5.41) is 8.96. The van der Waals surface area contributed by atoms with Crippen molar-refractivity contribution >= 4 is 11.9 Å². The van der Waals surface area contributed by atoms with E-state index in [1.54, 1.807) is 6.92 Å². The lowest BCUT2D eigenvalue weighted by atomic mass is 9.93. The zero-order valence-corrected chi connectivity index (χ0v) is 10.5. The Kier molecular flexibility index (Phi) is 3.82. The van der Waals surface area contributed by atoms with E-state index in [-0.39, 0.29) is 0 Å². The molecule has 0 saturated heterocycles. The third kappa shape index (κ3) is 2.79. The molecule has 1 saturated carbocycles. The van der Waals surface area contributed by atoms with Crippen LogP contribution in [0, 0.1) is 17.3 Å². The first kappa shape index (κ1) is 13.6. The molecule has 0 atom stereocenters. The number of hydrogen-bond donors (Lipinski definition) is 1. The van der Waals surface area contributed by atoms with Crippen molar-refractivity contribution in [2.75, 3.05) is 0 Å². The summed E-state index contributed by atoms with van der Waals surface area (Å²) in [6, 6.07) is 0. The molecule has 0 aromatic carbocycles. The number of carboxylic acid groups (broad SMARTS) is 1. The fourth-order valence-electron chi connectivity index (χ4n) is 1.82. The van der Waals surface area contributed by atoms with Gasteiger partial charge in [-0.05, 0) is 46.5 Å². The second kappa shape index (κ2) is 4.79. The second-order valence-electron chi connectivity index (χ2n) is 4.90. The van der Waals surface area contributed by atoms with E-state index in [9.17, 15) is 9.59 Å². The van der Waals surface area contributed by atoms with Gasteiger partial charge in [-0.25, -0.2) is 0 Å². The highest BCUT2D eigenvalue weighted by Crippen LogP contribution is 2.35. The lowest BCUT2D eigenvalue weighted by molar-refractivity contribution is -0.173. The van der Waals surface area contributed by atoms with Gasteiger partial charge in [-0.15, -0.1) is 5.92 Å². The predicted molar refractivity (Wildman–Crippen MR) is 62.2 cm³/mol. The van der Waals surface area contributed by atoms with Gasteiger partial charge in [-0.2, -0.15) is 0 Å². The third-order valence-electron chi connectivity index (χ3n) is 3.10. The first-order valence-corrected chi connectivity index (χ1v) is 5.75. The monoisotopic (exact) mass is 238 g/mol. The van der Waals surface area contributed by atoms with E-state index in [0.717, 1.165) is 12.8 Å². The highest BCUT2D eigenvalue weighted by atomic mass is 16.6. The Balaban J connectivity index is 2.85. The normalized spacial score (nSPS) is 18.1. The molecule has 1 aliphatic rings. The predicted octanol–water partition coefficient (Wildman–Crippen LogP) is 1.98. The van der Waals surface area contributed by atoms with Gasteiger partial charge in [0.2, 0.25) is 0 Å². The molecule has 94 valence electrons. The van der Waals surface area contributed by atoms with Crippen LogP contribution in [-0.2, 0) is 14.3 Å². The fourth-order valence-corrected chi connectivity index (χ4v) is 1.82. The molecule has 0 unspecified atom stereocenters. The van der Waals surface area contributed by atoms with Crippen LogP contribution in [0.1, 0.15) is 46.5 Å². The highest BCUT2D eigenvalue weighted by Gasteiger charge is 2.44. The Bertz CT molecular complexity index is 378. The van der Waals surface area contributed by atoms with Crippen LogP contribution in [0.15, 0.2) is 0 Å². The number of aliphatic carboxylic acids is 1. The van der Waals surface area contributed by atoms with Gasteiger partial charge in [0.25, 0.3) is 0 Å². The molecule has 1 N–H and O–H groups in total. The average molecular weight is 238 g/mol. The minimum Gasteiger partial charge on any atom is -0.480 e. The smallest absolute Gasteiger partial charge is 0.324 e. The van der Waals surface area contributed by atoms with E-state index in [1.165, 1.54) is 13.8 Å². The molecule has 0 aromatic rings. The quantitative estimate of drug-likeness (QED) is 0.464. The minimum atomic E-state index is -1.52. The number of carbonyl (C=O) groups is 2. The maximum atomic E-state index is 11.9. The van der Waals surface area contributed by atoms with Crippen LogP contribution >= 0.6 is 0 Å². The Morgan fingerprint density at radius 3 is 2.24 bits per heavy atom. The van der Waals surface area contributed by atoms with Crippen molar-refractivity contribution in [3.05, 3.63) is 0 Å². The van der Waals surface area contributed by atoms with Gasteiger partial charge in [0.05, 0.1) is 0 Å². The molecule has 0 spiro atoms. The largest absolute Gasteiger partial charge is 0.480 e. The van der Waals surface area contributed by atoms with Crippen molar-refractivity contribution in [2.24, 2.45) is 5.41 Å². The van der Waals surface area contributed by atoms with Crippen LogP contribution in [0.2, 0.25) is 0 Å². The van der Waals surface area contributed by atoms with Crippen LogP contribution in [0.4, 0.5) is 0 Å². The maximum absolute atomic E-state index is 11.9. The standard InChI is InChI=1S/C13H18O4/c1-4-7-13(8-5-6-9-13)17-11(16)12(2,3)10(14)15/h5-6,8-9H2,1-3H3,(H,14,15). The third-order valence-corrected chi connectivity index (χ3v) is 3.10. The molecule has 1 fully saturated rings. The molecule has 0 radical (unpaired) electrons. The molecule has 0 aromatic heterocycles. The van der Waals surface area contributed by atoms with Gasteiger partial charge >= 0.3 is 11.9 Å². The molecule has 17 heavy (non-hydrogen) atoms. The van der Waals surface area contributed by atoms with E-state index in [4.69, 9.17) is 9.84 Å². The summed E-state index contributed by atoms with van der Waals surface area (Å²) in [5.41, 5.74) is -2.29. The van der Waals surface area contributed by atoms with Crippen LogP contribution in [0.5, 0.6) is 0 Å². The molecule has 0 amide bonds. The second-order valence-corrected chi connectivity index (χ2v) is 4.90. The summed E-state index contributed by atoms with van der Waals surface area (Å²) in [6.45, 7) is 4.38. The maximum Gasteiger partial charge on any atom is 0.324 e. The van der Waals surface area contributed by atoms with Crippen molar-refractivity contribution < 1.29 is 19.4 Å². The SMILES string of the molecule is CC#CC1(OC(=O)C(C)(C)C(=O)O)CCCC1. The van der Waals surface area contributed by atoms with Gasteiger partial charge in [0, 0.05) is 0 Å². The fraction of sp³-hybridized carbons (Fsp3) is 0.692. The topological polar surface area (TPSA) is 63.6 Å². The minimum absolute atomic E-state index is 0.690. The molecule has 0 aliphatic heterocycles. The number of esters is 1. The first-order valence-electron chi connectivity index (χ1n) is 5.75. The van der Waals surface area contributed by atoms with E-state index in [1.807, 2.05) is 0 Å². The van der Waals surface area contributed by atoms with E-state index in [2.05, 4.69) is 11.8 Å². The molecule has 1 rings (SSSR count). The molecule has 0 bridgehead atoms. The van der Waals surface area contributed by atoms with Crippen molar-refractivity contribution in [3.8, 4) is 11.8 Å². The number of ether oxygens (including phenoxy) is 1. The number of carbonyl (C=O) groups excluding carboxylic acids is 1. The summed E-state index contributed by atoms with van der Waals surface area (Å²) >= 11 is 0. The summed E-state index contributed by atoms with van der Waals surface area (Å²) in [4.78, 5) is 22.8. The van der Waals surface area contributed by atoms with Crippen molar-refractivity contribution in [1.82, 2.24) is 0 Å². The van der Waals surface area contributed by atoms with E-state index in [0.29, 0.717) is 12.8 Å². The van der Waals surface area contributed by atoms with Crippen LogP contribution in [0.25, 0.3) is 0 Å². The zero-order chi connectivity index (χ0) is 13.1. The van der Waals surface area contributed by atoms with E-state index < -0.39 is 23.0 Å². The Morgan fingerprint density at radius 1 is 1.29 bits per heavy atom. The van der Waals surface area contributed by atoms with Crippen LogP contribution in [0.3, 0.4) is 0 Å². The average Bonchev–Trinajstić information content (AvgIpc) is 2.66. The Labute approximate surface area is 101 Å². The molecule has 4 heteroatoms. The molecule has 4 nitrogen and oxygen atoms in total. The molecule has 1 aliphatic carbocycles. The summed E-state index contributed by atoms with van der Waals surface area (Å²) in [7, 11) is 0. The highest BCUT2D eigenvalue weighted by molar-refractivity contribution is 5.98. The summed E-state index contributed by atoms with van der Waals surface area (Å²) in [5.74, 6) is 3.78. The van der Waals surface area contributed by atoms with Crippen LogP contribution < -0.4 is 0 Å². The van der Waals surface area contributed by atoms with Gasteiger partial charge < -0.3 is 9.84 Å². The summed E-state index contributed by atoms with van der Waals surface area (Å²) < 4.78 is 5.37. The molecular formula is C13H18O4. The molecule has 0 heterocycles. The van der Waals surface area contributed by atoms with E-state index >= 15 is 0 Å². The Morgan fingerprint density at radius 2 is 1.82 bits per heavy atom. The number of hydrogen-bond acceptors (Lipinski definition) is 3. The van der Waals surface area contributed by atoms with Crippen molar-refractivity contribution in [1.29, 1.82) is 0 Å². The van der Waals surface area contributed by atoms with Crippen molar-refractivity contribution in [3.63, 3.8) is 0 Å². The van der Waals surface area contributed by atoms with Crippen molar-refractivity contribution in [2.45, 2.75) is 52.1 Å². The molecular weight excluding hydrogens is 220 g/mol. The van der Waals surface area contributed by atoms with Gasteiger partial charge in [0.15, 0.2) is 11.0 Å². The zero-order valence-electron chi connectivity index (χ0n) is 10.5. The lowest BCUT2D eigenvalue weighted by Gasteiger charge is -2.27. The first-order chi connectivity index (χ1) is 7.84. The number of rotatable bonds is 3. The van der Waals surface area contributed by atoms with Crippen LogP contribution in [-0.4, -0.2) is 22.6 Å².